The first-order valence-electron chi connectivity index (χ1n) is 3.90. The van der Waals surface area contributed by atoms with Gasteiger partial charge in [0.25, 0.3) is 0 Å². The van der Waals surface area contributed by atoms with Gasteiger partial charge in [0.15, 0.2) is 0 Å². The Labute approximate surface area is 95.8 Å². The summed E-state index contributed by atoms with van der Waals surface area (Å²) in [5, 5.41) is 0. The number of halogens is 2. The first-order valence-corrected chi connectivity index (χ1v) is 5.00. The van der Waals surface area contributed by atoms with Crippen molar-refractivity contribution in [1.82, 2.24) is 0 Å². The van der Waals surface area contributed by atoms with Gasteiger partial charge in [0.05, 0.1) is 0 Å². The van der Waals surface area contributed by atoms with Gasteiger partial charge < -0.3 is 4.29 Å². The Morgan fingerprint density at radius 1 is 1.43 bits per heavy atom. The number of rotatable bonds is 2. The normalized spacial score (nSPS) is 11.2. The molecule has 0 saturated carbocycles. The molecule has 2 nitrogen and oxygen atoms in total. The van der Waals surface area contributed by atoms with E-state index in [2.05, 4.69) is 20.2 Å². The second-order valence-corrected chi connectivity index (χ2v) is 3.80. The number of carbonyl (C=O) groups is 1. The Kier molecular flexibility index (Phi) is 4.17. The second-order valence-electron chi connectivity index (χ2n) is 2.73. The highest BCUT2D eigenvalue weighted by molar-refractivity contribution is 9.10. The zero-order valence-electron chi connectivity index (χ0n) is 7.46. The van der Waals surface area contributed by atoms with Crippen LogP contribution in [0.1, 0.15) is 12.5 Å². The summed E-state index contributed by atoms with van der Waals surface area (Å²) in [6.45, 7) is 1.82. The van der Waals surface area contributed by atoms with Crippen LogP contribution in [-0.2, 0) is 9.08 Å². The molecule has 1 aromatic rings. The molecule has 74 valence electrons. The third-order valence-electron chi connectivity index (χ3n) is 1.71. The van der Waals surface area contributed by atoms with E-state index in [4.69, 9.17) is 11.9 Å². The number of hydrogen-bond acceptors (Lipinski definition) is 2. The zero-order valence-corrected chi connectivity index (χ0v) is 9.80. The highest BCUT2D eigenvalue weighted by Gasteiger charge is 2.00. The van der Waals surface area contributed by atoms with Crippen LogP contribution in [0.3, 0.4) is 0 Å². The second kappa shape index (κ2) is 5.17. The van der Waals surface area contributed by atoms with Crippen LogP contribution in [0.4, 0.5) is 0 Å². The van der Waals surface area contributed by atoms with Crippen molar-refractivity contribution in [3.8, 4) is 0 Å². The molecule has 0 bridgehead atoms. The predicted octanol–water partition coefficient (Wildman–Crippen LogP) is 3.55. The molecule has 14 heavy (non-hydrogen) atoms. The molecule has 0 N–H and O–H groups in total. The fourth-order valence-corrected chi connectivity index (χ4v) is 1.30. The SMILES string of the molecule is C/C(=C\C(=O)OCl)c1ccc(Br)cc1. The van der Waals surface area contributed by atoms with Crippen LogP contribution in [-0.4, -0.2) is 5.97 Å². The van der Waals surface area contributed by atoms with Crippen molar-refractivity contribution in [3.05, 3.63) is 40.4 Å². The summed E-state index contributed by atoms with van der Waals surface area (Å²) in [4.78, 5) is 10.8. The summed E-state index contributed by atoms with van der Waals surface area (Å²) in [6.07, 6.45) is 1.34. The molecule has 0 aliphatic carbocycles. The molecule has 0 saturated heterocycles. The minimum absolute atomic E-state index is 0.563. The molecule has 0 unspecified atom stereocenters. The molecule has 1 rings (SSSR count). The summed E-state index contributed by atoms with van der Waals surface area (Å²) in [6, 6.07) is 7.60. The van der Waals surface area contributed by atoms with Gasteiger partial charge in [-0.2, -0.15) is 0 Å². The minimum Gasteiger partial charge on any atom is -0.344 e. The molecule has 0 amide bonds. The van der Waals surface area contributed by atoms with Crippen molar-refractivity contribution in [2.24, 2.45) is 0 Å². The molecule has 0 aliphatic heterocycles. The topological polar surface area (TPSA) is 26.3 Å². The lowest BCUT2D eigenvalue weighted by atomic mass is 10.1. The van der Waals surface area contributed by atoms with Crippen molar-refractivity contribution in [2.45, 2.75) is 6.92 Å². The van der Waals surface area contributed by atoms with E-state index in [-0.39, 0.29) is 0 Å². The van der Waals surface area contributed by atoms with Crippen LogP contribution in [0.5, 0.6) is 0 Å². The van der Waals surface area contributed by atoms with Gasteiger partial charge in [-0.25, -0.2) is 4.79 Å². The average molecular weight is 276 g/mol. The van der Waals surface area contributed by atoms with E-state index >= 15 is 0 Å². The van der Waals surface area contributed by atoms with Crippen LogP contribution in [0.15, 0.2) is 34.8 Å². The largest absolute Gasteiger partial charge is 0.349 e. The fraction of sp³-hybridized carbons (Fsp3) is 0.100. The van der Waals surface area contributed by atoms with Crippen LogP contribution in [0.2, 0.25) is 0 Å². The van der Waals surface area contributed by atoms with E-state index in [0.29, 0.717) is 0 Å². The molecule has 1 aromatic carbocycles. The highest BCUT2D eigenvalue weighted by Crippen LogP contribution is 2.17. The van der Waals surface area contributed by atoms with Gasteiger partial charge >= 0.3 is 5.97 Å². The standard InChI is InChI=1S/C10H8BrClO2/c1-7(6-10(13)14-12)8-2-4-9(11)5-3-8/h2-6H,1H3/b7-6+. The molecule has 0 aliphatic rings. The van der Waals surface area contributed by atoms with Crippen molar-refractivity contribution < 1.29 is 9.08 Å². The van der Waals surface area contributed by atoms with Crippen LogP contribution >= 0.6 is 27.8 Å². The Bertz CT molecular complexity index is 357. The van der Waals surface area contributed by atoms with E-state index in [1.54, 1.807) is 0 Å². The smallest absolute Gasteiger partial charge is 0.344 e. The summed E-state index contributed by atoms with van der Waals surface area (Å²) in [5.41, 5.74) is 1.76. The Morgan fingerprint density at radius 2 is 2.00 bits per heavy atom. The number of allylic oxidation sites excluding steroid dienone is 1. The molecule has 0 radical (unpaired) electrons. The first-order chi connectivity index (χ1) is 6.63. The summed E-state index contributed by atoms with van der Waals surface area (Å²) >= 11 is 8.23. The van der Waals surface area contributed by atoms with Crippen molar-refractivity contribution >= 4 is 39.3 Å². The molecule has 0 heterocycles. The van der Waals surface area contributed by atoms with Gasteiger partial charge in [-0.05, 0) is 30.2 Å². The molecular weight excluding hydrogens is 267 g/mol. The molecule has 4 heteroatoms. The van der Waals surface area contributed by atoms with Crippen molar-refractivity contribution in [2.75, 3.05) is 0 Å². The number of hydrogen-bond donors (Lipinski definition) is 0. The third-order valence-corrected chi connectivity index (χ3v) is 2.39. The molecule has 0 spiro atoms. The van der Waals surface area contributed by atoms with Gasteiger partial charge in [-0.15, -0.1) is 0 Å². The quantitative estimate of drug-likeness (QED) is 0.772. The molecule has 0 atom stereocenters. The van der Waals surface area contributed by atoms with Crippen LogP contribution in [0, 0.1) is 0 Å². The van der Waals surface area contributed by atoms with Gasteiger partial charge in [0.1, 0.15) is 11.9 Å². The Hall–Kier alpha value is -0.800. The summed E-state index contributed by atoms with van der Waals surface area (Å²) < 4.78 is 5.01. The van der Waals surface area contributed by atoms with Gasteiger partial charge in [-0.1, -0.05) is 28.1 Å². The predicted molar refractivity (Wildman–Crippen MR) is 59.7 cm³/mol. The first kappa shape index (κ1) is 11.3. The van der Waals surface area contributed by atoms with Crippen molar-refractivity contribution in [3.63, 3.8) is 0 Å². The lowest BCUT2D eigenvalue weighted by molar-refractivity contribution is -0.128. The number of carbonyl (C=O) groups excluding carboxylic acids is 1. The lowest BCUT2D eigenvalue weighted by Gasteiger charge is -2.00. The zero-order chi connectivity index (χ0) is 10.6. The van der Waals surface area contributed by atoms with Crippen LogP contribution in [0.25, 0.3) is 5.57 Å². The van der Waals surface area contributed by atoms with Gasteiger partial charge in [-0.3, -0.25) is 0 Å². The monoisotopic (exact) mass is 274 g/mol. The molecular formula is C10H8BrClO2. The Balaban J connectivity index is 2.89. The van der Waals surface area contributed by atoms with E-state index in [1.807, 2.05) is 31.2 Å². The summed E-state index contributed by atoms with van der Waals surface area (Å²) in [7, 11) is 0. The lowest BCUT2D eigenvalue weighted by Crippen LogP contribution is -1.91. The maximum absolute atomic E-state index is 10.8. The van der Waals surface area contributed by atoms with Crippen LogP contribution < -0.4 is 0 Å². The third kappa shape index (κ3) is 3.16. The average Bonchev–Trinajstić information content (AvgIpc) is 2.18. The van der Waals surface area contributed by atoms with Gasteiger partial charge in [0, 0.05) is 10.5 Å². The Morgan fingerprint density at radius 3 is 2.50 bits per heavy atom. The highest BCUT2D eigenvalue weighted by atomic mass is 79.9. The van der Waals surface area contributed by atoms with E-state index < -0.39 is 5.97 Å². The summed E-state index contributed by atoms with van der Waals surface area (Å²) in [5.74, 6) is -0.563. The van der Waals surface area contributed by atoms with E-state index in [9.17, 15) is 4.79 Å². The molecule has 0 fully saturated rings. The number of benzene rings is 1. The maximum Gasteiger partial charge on any atom is 0.349 e. The maximum atomic E-state index is 10.8. The molecule has 0 aromatic heterocycles. The van der Waals surface area contributed by atoms with Crippen molar-refractivity contribution in [1.29, 1.82) is 0 Å². The fourth-order valence-electron chi connectivity index (χ4n) is 0.995. The van der Waals surface area contributed by atoms with E-state index in [0.717, 1.165) is 15.6 Å². The van der Waals surface area contributed by atoms with Gasteiger partial charge in [0.2, 0.25) is 0 Å². The van der Waals surface area contributed by atoms with E-state index in [1.165, 1.54) is 6.08 Å². The minimum atomic E-state index is -0.563.